The fourth-order valence-electron chi connectivity index (χ4n) is 1.75. The van der Waals surface area contributed by atoms with Crippen molar-refractivity contribution in [3.05, 3.63) is 48.9 Å². The second-order valence-corrected chi connectivity index (χ2v) is 5.78. The van der Waals surface area contributed by atoms with Crippen molar-refractivity contribution < 1.29 is 14.7 Å². The summed E-state index contributed by atoms with van der Waals surface area (Å²) >= 11 is 0.911. The standard InChI is InChI=1S/C15H14N2O4S/c1-8-3-4-10(5-9(8)2)16-12(18)7-13-17-15(21)11(22-13)6-14(19)20/h3-7H,1-2H3,(H,16,18)(H,17,21)(H,19,20)/b11-6+,13-7+. The quantitative estimate of drug-likeness (QED) is 0.760. The molecule has 1 heterocycles. The molecule has 0 bridgehead atoms. The average Bonchev–Trinajstić information content (AvgIpc) is 2.73. The average molecular weight is 318 g/mol. The maximum Gasteiger partial charge on any atom is 0.329 e. The number of aromatic nitrogens is 1. The van der Waals surface area contributed by atoms with Crippen LogP contribution in [-0.2, 0) is 9.59 Å². The molecule has 114 valence electrons. The highest BCUT2D eigenvalue weighted by Gasteiger charge is 2.02. The van der Waals surface area contributed by atoms with E-state index in [-0.39, 0.29) is 4.53 Å². The maximum absolute atomic E-state index is 11.9. The lowest BCUT2D eigenvalue weighted by Crippen LogP contribution is -2.21. The Morgan fingerprint density at radius 1 is 1.23 bits per heavy atom. The molecule has 0 saturated carbocycles. The predicted octanol–water partition coefficient (Wildman–Crippen LogP) is 0.338. The van der Waals surface area contributed by atoms with Crippen LogP contribution in [0.2, 0.25) is 0 Å². The molecule has 2 aromatic rings. The number of H-pyrrole nitrogens is 1. The van der Waals surface area contributed by atoms with Crippen LogP contribution in [0, 0.1) is 13.8 Å². The topological polar surface area (TPSA) is 99.3 Å². The van der Waals surface area contributed by atoms with E-state index in [2.05, 4.69) is 10.3 Å². The molecule has 0 saturated heterocycles. The number of carbonyl (C=O) groups excluding carboxylic acids is 1. The molecule has 0 atom stereocenters. The molecule has 7 heteroatoms. The first-order valence-corrected chi connectivity index (χ1v) is 7.20. The predicted molar refractivity (Wildman–Crippen MR) is 85.3 cm³/mol. The Morgan fingerprint density at radius 2 is 1.95 bits per heavy atom. The molecular weight excluding hydrogens is 304 g/mol. The number of aliphatic carboxylic acids is 1. The van der Waals surface area contributed by atoms with Crippen LogP contribution in [0.5, 0.6) is 0 Å². The van der Waals surface area contributed by atoms with Gasteiger partial charge in [-0.25, -0.2) is 4.79 Å². The highest BCUT2D eigenvalue weighted by Crippen LogP contribution is 2.13. The van der Waals surface area contributed by atoms with Gasteiger partial charge in [0, 0.05) is 17.8 Å². The molecule has 3 N–H and O–H groups in total. The van der Waals surface area contributed by atoms with E-state index in [1.807, 2.05) is 26.0 Å². The lowest BCUT2D eigenvalue weighted by molar-refractivity contribution is -0.129. The second-order valence-electron chi connectivity index (χ2n) is 4.70. The second kappa shape index (κ2) is 6.40. The summed E-state index contributed by atoms with van der Waals surface area (Å²) in [6.07, 6.45) is 2.03. The van der Waals surface area contributed by atoms with Crippen LogP contribution in [-0.4, -0.2) is 22.0 Å². The number of aromatic amines is 1. The Morgan fingerprint density at radius 3 is 2.59 bits per heavy atom. The summed E-state index contributed by atoms with van der Waals surface area (Å²) < 4.78 is 0.330. The van der Waals surface area contributed by atoms with Gasteiger partial charge in [-0.05, 0) is 37.1 Å². The molecule has 1 aromatic carbocycles. The Balaban J connectivity index is 2.26. The molecule has 0 unspecified atom stereocenters. The van der Waals surface area contributed by atoms with Gasteiger partial charge in [0.2, 0.25) is 0 Å². The third-order valence-electron chi connectivity index (χ3n) is 2.97. The Labute approximate surface area is 129 Å². The number of carbonyl (C=O) groups is 2. The van der Waals surface area contributed by atoms with E-state index in [0.717, 1.165) is 28.5 Å². The molecule has 0 fully saturated rings. The number of rotatable bonds is 3. The van der Waals surface area contributed by atoms with Crippen LogP contribution in [0.25, 0.3) is 12.2 Å². The van der Waals surface area contributed by atoms with Crippen LogP contribution in [0.3, 0.4) is 0 Å². The van der Waals surface area contributed by atoms with Gasteiger partial charge in [0.25, 0.3) is 11.5 Å². The largest absolute Gasteiger partial charge is 0.478 e. The minimum atomic E-state index is -1.21. The van der Waals surface area contributed by atoms with Crippen molar-refractivity contribution in [2.75, 3.05) is 5.32 Å². The van der Waals surface area contributed by atoms with Crippen molar-refractivity contribution in [3.63, 3.8) is 0 Å². The number of hydrogen-bond acceptors (Lipinski definition) is 4. The zero-order chi connectivity index (χ0) is 16.3. The maximum atomic E-state index is 11.9. The highest BCUT2D eigenvalue weighted by atomic mass is 32.1. The molecule has 0 aliphatic rings. The van der Waals surface area contributed by atoms with Gasteiger partial charge < -0.3 is 15.4 Å². The van der Waals surface area contributed by atoms with E-state index < -0.39 is 17.4 Å². The summed E-state index contributed by atoms with van der Waals surface area (Å²) in [5.74, 6) is -1.61. The fraction of sp³-hybridized carbons (Fsp3) is 0.133. The molecule has 0 aliphatic heterocycles. The number of benzene rings is 1. The van der Waals surface area contributed by atoms with Gasteiger partial charge in [-0.1, -0.05) is 6.07 Å². The number of carboxylic acid groups (broad SMARTS) is 1. The van der Waals surface area contributed by atoms with Crippen LogP contribution < -0.4 is 20.1 Å². The summed E-state index contributed by atoms with van der Waals surface area (Å²) in [5.41, 5.74) is 2.30. The van der Waals surface area contributed by atoms with E-state index in [1.165, 1.54) is 6.08 Å². The van der Waals surface area contributed by atoms with Crippen molar-refractivity contribution in [1.82, 2.24) is 4.98 Å². The van der Waals surface area contributed by atoms with Gasteiger partial charge in [-0.3, -0.25) is 9.59 Å². The van der Waals surface area contributed by atoms with E-state index >= 15 is 0 Å². The molecular formula is C15H14N2O4S. The van der Waals surface area contributed by atoms with Crippen LogP contribution >= 0.6 is 11.3 Å². The zero-order valence-corrected chi connectivity index (χ0v) is 12.8. The number of thiazole rings is 1. The number of carboxylic acids is 1. The van der Waals surface area contributed by atoms with Crippen LogP contribution in [0.4, 0.5) is 5.69 Å². The molecule has 2 rings (SSSR count). The highest BCUT2D eigenvalue weighted by molar-refractivity contribution is 7.07. The Bertz CT molecular complexity index is 908. The van der Waals surface area contributed by atoms with Gasteiger partial charge in [0.05, 0.1) is 0 Å². The monoisotopic (exact) mass is 318 g/mol. The summed E-state index contributed by atoms with van der Waals surface area (Å²) in [6, 6.07) is 5.54. The smallest absolute Gasteiger partial charge is 0.329 e. The van der Waals surface area contributed by atoms with Gasteiger partial charge >= 0.3 is 5.97 Å². The van der Waals surface area contributed by atoms with Crippen molar-refractivity contribution in [2.24, 2.45) is 0 Å². The zero-order valence-electron chi connectivity index (χ0n) is 12.0. The third kappa shape index (κ3) is 3.92. The first-order chi connectivity index (χ1) is 10.3. The van der Waals surface area contributed by atoms with Gasteiger partial charge in [-0.2, -0.15) is 0 Å². The summed E-state index contributed by atoms with van der Waals surface area (Å²) in [4.78, 5) is 36.4. The van der Waals surface area contributed by atoms with E-state index in [4.69, 9.17) is 5.11 Å². The van der Waals surface area contributed by atoms with Gasteiger partial charge in [0.1, 0.15) is 9.20 Å². The molecule has 6 nitrogen and oxygen atoms in total. The summed E-state index contributed by atoms with van der Waals surface area (Å²) in [6.45, 7) is 3.92. The summed E-state index contributed by atoms with van der Waals surface area (Å²) in [5, 5.41) is 11.3. The van der Waals surface area contributed by atoms with Crippen molar-refractivity contribution in [1.29, 1.82) is 0 Å². The Kier molecular flexibility index (Phi) is 4.57. The molecule has 0 aliphatic carbocycles. The minimum absolute atomic E-state index is 0.0396. The molecule has 0 spiro atoms. The van der Waals surface area contributed by atoms with Gasteiger partial charge in [-0.15, -0.1) is 11.3 Å². The van der Waals surface area contributed by atoms with E-state index in [9.17, 15) is 14.4 Å². The van der Waals surface area contributed by atoms with E-state index in [0.29, 0.717) is 10.4 Å². The van der Waals surface area contributed by atoms with Crippen molar-refractivity contribution in [2.45, 2.75) is 13.8 Å². The first kappa shape index (κ1) is 15.7. The lowest BCUT2D eigenvalue weighted by atomic mass is 10.1. The lowest BCUT2D eigenvalue weighted by Gasteiger charge is -2.05. The number of amides is 1. The number of aryl methyl sites for hydroxylation is 2. The van der Waals surface area contributed by atoms with Crippen LogP contribution in [0.15, 0.2) is 23.0 Å². The van der Waals surface area contributed by atoms with Crippen LogP contribution in [0.1, 0.15) is 11.1 Å². The van der Waals surface area contributed by atoms with Crippen molar-refractivity contribution >= 4 is 41.1 Å². The minimum Gasteiger partial charge on any atom is -0.478 e. The molecule has 1 aromatic heterocycles. The number of nitrogens with one attached hydrogen (secondary N) is 2. The van der Waals surface area contributed by atoms with Crippen molar-refractivity contribution in [3.8, 4) is 0 Å². The number of hydrogen-bond donors (Lipinski definition) is 3. The normalized spacial score (nSPS) is 12.5. The van der Waals surface area contributed by atoms with E-state index in [1.54, 1.807) is 6.07 Å². The third-order valence-corrected chi connectivity index (χ3v) is 3.93. The fourth-order valence-corrected chi connectivity index (χ4v) is 2.60. The summed E-state index contributed by atoms with van der Waals surface area (Å²) in [7, 11) is 0. The molecule has 0 radical (unpaired) electrons. The SMILES string of the molecule is Cc1ccc(NC(=O)/C=c2\[nH]c(=O)/c(=C\C(=O)O)s2)cc1C. The first-order valence-electron chi connectivity index (χ1n) is 6.39. The Hall–Kier alpha value is -2.67. The van der Waals surface area contributed by atoms with Gasteiger partial charge in [0.15, 0.2) is 0 Å². The molecule has 22 heavy (non-hydrogen) atoms. The number of anilines is 1. The molecule has 1 amide bonds.